The lowest BCUT2D eigenvalue weighted by Gasteiger charge is -2.21. The molecule has 4 nitrogen and oxygen atoms in total. The predicted octanol–water partition coefficient (Wildman–Crippen LogP) is 1.90. The van der Waals surface area contributed by atoms with Crippen LogP contribution in [0.4, 0.5) is 0 Å². The lowest BCUT2D eigenvalue weighted by molar-refractivity contribution is 0.122. The second-order valence-electron chi connectivity index (χ2n) is 3.53. The van der Waals surface area contributed by atoms with E-state index in [-0.39, 0.29) is 6.61 Å². The van der Waals surface area contributed by atoms with E-state index in [1.165, 1.54) is 0 Å². The average Bonchev–Trinajstić information content (AvgIpc) is 2.35. The molecule has 3 rings (SSSR count). The van der Waals surface area contributed by atoms with E-state index in [1.807, 2.05) is 36.4 Å². The molecule has 2 heterocycles. The van der Waals surface area contributed by atoms with Crippen LogP contribution in [0.3, 0.4) is 0 Å². The van der Waals surface area contributed by atoms with Gasteiger partial charge < -0.3 is 9.47 Å². The van der Waals surface area contributed by atoms with Gasteiger partial charge in [0.05, 0.1) is 5.52 Å². The molecule has 16 heavy (non-hydrogen) atoms. The molecule has 2 aromatic rings. The second-order valence-corrected chi connectivity index (χ2v) is 3.53. The van der Waals surface area contributed by atoms with Gasteiger partial charge in [0.15, 0.2) is 5.75 Å². The van der Waals surface area contributed by atoms with Gasteiger partial charge in [-0.3, -0.25) is 0 Å². The van der Waals surface area contributed by atoms with Crippen LogP contribution in [0.5, 0.6) is 11.6 Å². The second kappa shape index (κ2) is 3.38. The number of aromatic nitrogens is 1. The number of fused-ring (bicyclic) bond motifs is 2. The number of nitrogens with zero attached hydrogens (tertiary/aromatic N) is 2. The maximum absolute atomic E-state index is 8.75. The van der Waals surface area contributed by atoms with Crippen molar-refractivity contribution in [3.05, 3.63) is 30.3 Å². The molecule has 0 radical (unpaired) electrons. The first-order chi connectivity index (χ1) is 7.86. The molecule has 0 aliphatic carbocycles. The molecular formula is C12H8N2O2. The van der Waals surface area contributed by atoms with Crippen molar-refractivity contribution < 1.29 is 9.47 Å². The van der Waals surface area contributed by atoms with Crippen LogP contribution in [-0.2, 0) is 0 Å². The summed E-state index contributed by atoms with van der Waals surface area (Å²) in [7, 11) is 0. The quantitative estimate of drug-likeness (QED) is 0.669. The van der Waals surface area contributed by atoms with Gasteiger partial charge in [-0.1, -0.05) is 18.2 Å². The first kappa shape index (κ1) is 8.98. The smallest absolute Gasteiger partial charge is 0.257 e. The minimum absolute atomic E-state index is 0.231. The number of hydrogen-bond acceptors (Lipinski definition) is 4. The highest BCUT2D eigenvalue weighted by molar-refractivity contribution is 5.81. The Labute approximate surface area is 92.0 Å². The molecule has 0 saturated heterocycles. The highest BCUT2D eigenvalue weighted by Gasteiger charge is 2.22. The summed E-state index contributed by atoms with van der Waals surface area (Å²) in [6.07, 6.45) is -0.546. The molecule has 1 unspecified atom stereocenters. The van der Waals surface area contributed by atoms with Crippen molar-refractivity contribution in [3.63, 3.8) is 0 Å². The van der Waals surface area contributed by atoms with E-state index in [4.69, 9.17) is 14.7 Å². The molecule has 0 spiro atoms. The monoisotopic (exact) mass is 212 g/mol. The Morgan fingerprint density at radius 1 is 1.38 bits per heavy atom. The molecule has 0 bridgehead atoms. The van der Waals surface area contributed by atoms with Gasteiger partial charge in [0.25, 0.3) is 5.88 Å². The predicted molar refractivity (Wildman–Crippen MR) is 57.3 cm³/mol. The van der Waals surface area contributed by atoms with E-state index in [0.29, 0.717) is 11.6 Å². The molecule has 78 valence electrons. The zero-order chi connectivity index (χ0) is 11.0. The number of pyridine rings is 1. The highest BCUT2D eigenvalue weighted by atomic mass is 16.6. The van der Waals surface area contributed by atoms with Crippen LogP contribution in [0, 0.1) is 11.3 Å². The van der Waals surface area contributed by atoms with Crippen molar-refractivity contribution >= 4 is 10.9 Å². The van der Waals surface area contributed by atoms with Crippen LogP contribution in [0.1, 0.15) is 0 Å². The van der Waals surface area contributed by atoms with E-state index in [1.54, 1.807) is 0 Å². The van der Waals surface area contributed by atoms with Gasteiger partial charge in [0, 0.05) is 5.39 Å². The summed E-state index contributed by atoms with van der Waals surface area (Å²) < 4.78 is 10.8. The van der Waals surface area contributed by atoms with Gasteiger partial charge in [0.2, 0.25) is 6.10 Å². The summed E-state index contributed by atoms with van der Waals surface area (Å²) in [6, 6.07) is 11.6. The Hall–Kier alpha value is -2.28. The fourth-order valence-corrected chi connectivity index (χ4v) is 1.67. The molecule has 0 fully saturated rings. The Morgan fingerprint density at radius 2 is 2.25 bits per heavy atom. The highest BCUT2D eigenvalue weighted by Crippen LogP contribution is 2.32. The van der Waals surface area contributed by atoms with Gasteiger partial charge in [0.1, 0.15) is 12.7 Å². The van der Waals surface area contributed by atoms with Crippen LogP contribution in [0.15, 0.2) is 30.3 Å². The molecular weight excluding hydrogens is 204 g/mol. The average molecular weight is 212 g/mol. The van der Waals surface area contributed by atoms with Crippen molar-refractivity contribution in [3.8, 4) is 17.7 Å². The van der Waals surface area contributed by atoms with Crippen molar-refractivity contribution in [1.82, 2.24) is 4.98 Å². The minimum Gasteiger partial charge on any atom is -0.470 e. The summed E-state index contributed by atoms with van der Waals surface area (Å²) in [5.74, 6) is 1.00. The van der Waals surface area contributed by atoms with Crippen LogP contribution < -0.4 is 9.47 Å². The van der Waals surface area contributed by atoms with E-state index in [0.717, 1.165) is 10.9 Å². The van der Waals surface area contributed by atoms with Crippen molar-refractivity contribution in [2.24, 2.45) is 0 Å². The Bertz CT molecular complexity index is 589. The minimum atomic E-state index is -0.546. The summed E-state index contributed by atoms with van der Waals surface area (Å²) >= 11 is 0. The largest absolute Gasteiger partial charge is 0.470 e. The van der Waals surface area contributed by atoms with Gasteiger partial charge in [-0.05, 0) is 12.1 Å². The maximum atomic E-state index is 8.75. The lowest BCUT2D eigenvalue weighted by atomic mass is 10.2. The number of nitriles is 1. The number of para-hydroxylation sites is 1. The van der Waals surface area contributed by atoms with E-state index >= 15 is 0 Å². The normalized spacial score (nSPS) is 18.1. The lowest BCUT2D eigenvalue weighted by Crippen LogP contribution is -2.27. The number of ether oxygens (including phenoxy) is 2. The Kier molecular flexibility index (Phi) is 1.90. The molecule has 1 aliphatic rings. The first-order valence-corrected chi connectivity index (χ1v) is 4.96. The van der Waals surface area contributed by atoms with Crippen molar-refractivity contribution in [1.29, 1.82) is 5.26 Å². The van der Waals surface area contributed by atoms with Crippen LogP contribution in [-0.4, -0.2) is 17.7 Å². The SMILES string of the molecule is N#CC1COc2nc3ccccc3cc2O1. The molecule has 1 aliphatic heterocycles. The van der Waals surface area contributed by atoms with E-state index in [2.05, 4.69) is 4.98 Å². The van der Waals surface area contributed by atoms with Gasteiger partial charge in [-0.15, -0.1) is 0 Å². The maximum Gasteiger partial charge on any atom is 0.257 e. The molecule has 1 aromatic carbocycles. The fraction of sp³-hybridized carbons (Fsp3) is 0.167. The number of rotatable bonds is 0. The Morgan fingerprint density at radius 3 is 3.12 bits per heavy atom. The zero-order valence-electron chi connectivity index (χ0n) is 8.38. The molecule has 4 heteroatoms. The van der Waals surface area contributed by atoms with Gasteiger partial charge in [-0.25, -0.2) is 4.98 Å². The number of hydrogen-bond donors (Lipinski definition) is 0. The molecule has 0 N–H and O–H groups in total. The third-order valence-electron chi connectivity index (χ3n) is 2.44. The number of benzene rings is 1. The summed E-state index contributed by atoms with van der Waals surface area (Å²) in [4.78, 5) is 4.33. The molecule has 1 atom stereocenters. The molecule has 0 amide bonds. The Balaban J connectivity index is 2.14. The van der Waals surface area contributed by atoms with E-state index in [9.17, 15) is 0 Å². The van der Waals surface area contributed by atoms with Gasteiger partial charge >= 0.3 is 0 Å². The summed E-state index contributed by atoms with van der Waals surface area (Å²) in [6.45, 7) is 0.231. The van der Waals surface area contributed by atoms with Crippen molar-refractivity contribution in [2.75, 3.05) is 6.61 Å². The molecule has 0 saturated carbocycles. The fourth-order valence-electron chi connectivity index (χ4n) is 1.67. The first-order valence-electron chi connectivity index (χ1n) is 4.96. The standard InChI is InChI=1S/C12H8N2O2/c13-6-9-7-15-12-11(16-9)5-8-3-1-2-4-10(8)14-12/h1-5,9H,7H2. The zero-order valence-corrected chi connectivity index (χ0v) is 8.38. The summed E-state index contributed by atoms with van der Waals surface area (Å²) in [5, 5.41) is 9.73. The third kappa shape index (κ3) is 1.34. The van der Waals surface area contributed by atoms with Gasteiger partial charge in [-0.2, -0.15) is 5.26 Å². The van der Waals surface area contributed by atoms with Crippen LogP contribution in [0.2, 0.25) is 0 Å². The van der Waals surface area contributed by atoms with Crippen LogP contribution >= 0.6 is 0 Å². The van der Waals surface area contributed by atoms with E-state index < -0.39 is 6.10 Å². The van der Waals surface area contributed by atoms with Crippen LogP contribution in [0.25, 0.3) is 10.9 Å². The summed E-state index contributed by atoms with van der Waals surface area (Å²) in [5.41, 5.74) is 0.861. The van der Waals surface area contributed by atoms with Crippen molar-refractivity contribution in [2.45, 2.75) is 6.10 Å². The molecule has 1 aromatic heterocycles. The topological polar surface area (TPSA) is 55.1 Å². The third-order valence-corrected chi connectivity index (χ3v) is 2.44.